The smallest absolute Gasteiger partial charge is 0.231 e. The molecule has 1 aliphatic rings. The minimum atomic E-state index is 0.0374. The summed E-state index contributed by atoms with van der Waals surface area (Å²) in [6.45, 7) is 4.10. The number of aromatic nitrogens is 2. The summed E-state index contributed by atoms with van der Waals surface area (Å²) in [5.41, 5.74) is 8.88. The third-order valence-electron chi connectivity index (χ3n) is 4.56. The molecule has 1 aliphatic carbocycles. The first-order valence-electron chi connectivity index (χ1n) is 7.85. The molecule has 4 nitrogen and oxygen atoms in total. The standard InChI is InChI=1S/C17H23N3O/c1-3-15(11(2)18)17-19-16(20-21-17)14-9-8-12-6-4-5-7-13(12)10-14/h4-7,11,14-15H,3,8-10,18H2,1-2H3. The Hall–Kier alpha value is -1.68. The fourth-order valence-corrected chi connectivity index (χ4v) is 3.25. The van der Waals surface area contributed by atoms with Crippen LogP contribution in [0, 0.1) is 0 Å². The predicted octanol–water partition coefficient (Wildman–Crippen LogP) is 3.18. The molecule has 3 atom stereocenters. The molecule has 4 heteroatoms. The van der Waals surface area contributed by atoms with Crippen LogP contribution in [0.5, 0.6) is 0 Å². The molecular formula is C17H23N3O. The van der Waals surface area contributed by atoms with Crippen molar-refractivity contribution in [2.45, 2.75) is 57.4 Å². The molecule has 0 amide bonds. The molecule has 1 heterocycles. The van der Waals surface area contributed by atoms with Crippen molar-refractivity contribution in [1.82, 2.24) is 10.1 Å². The van der Waals surface area contributed by atoms with E-state index >= 15 is 0 Å². The van der Waals surface area contributed by atoms with E-state index in [1.165, 1.54) is 11.1 Å². The molecule has 1 aromatic carbocycles. The lowest BCUT2D eigenvalue weighted by Gasteiger charge is -2.21. The van der Waals surface area contributed by atoms with Gasteiger partial charge in [0, 0.05) is 12.0 Å². The van der Waals surface area contributed by atoms with E-state index in [0.717, 1.165) is 31.5 Å². The lowest BCUT2D eigenvalue weighted by molar-refractivity contribution is 0.328. The summed E-state index contributed by atoms with van der Waals surface area (Å²) in [5, 5.41) is 4.22. The van der Waals surface area contributed by atoms with Crippen molar-refractivity contribution in [1.29, 1.82) is 0 Å². The summed E-state index contributed by atoms with van der Waals surface area (Å²) in [7, 11) is 0. The molecule has 0 aliphatic heterocycles. The second-order valence-electron chi connectivity index (χ2n) is 6.07. The first-order valence-corrected chi connectivity index (χ1v) is 7.85. The lowest BCUT2D eigenvalue weighted by Crippen LogP contribution is -2.24. The van der Waals surface area contributed by atoms with Gasteiger partial charge in [-0.1, -0.05) is 36.3 Å². The van der Waals surface area contributed by atoms with Crippen LogP contribution in [0.25, 0.3) is 0 Å². The van der Waals surface area contributed by atoms with E-state index in [1.807, 2.05) is 6.92 Å². The van der Waals surface area contributed by atoms with Crippen LogP contribution in [-0.2, 0) is 12.8 Å². The molecule has 0 fully saturated rings. The molecule has 0 saturated carbocycles. The van der Waals surface area contributed by atoms with Gasteiger partial charge in [-0.2, -0.15) is 4.98 Å². The van der Waals surface area contributed by atoms with Gasteiger partial charge in [0.25, 0.3) is 0 Å². The van der Waals surface area contributed by atoms with Crippen LogP contribution in [0.1, 0.15) is 61.4 Å². The molecule has 0 spiro atoms. The number of hydrogen-bond acceptors (Lipinski definition) is 4. The fourth-order valence-electron chi connectivity index (χ4n) is 3.25. The van der Waals surface area contributed by atoms with Gasteiger partial charge in [0.15, 0.2) is 5.82 Å². The molecule has 0 saturated heterocycles. The normalized spacial score (nSPS) is 20.8. The summed E-state index contributed by atoms with van der Waals surface area (Å²) >= 11 is 0. The Labute approximate surface area is 125 Å². The Balaban J connectivity index is 1.79. The van der Waals surface area contributed by atoms with E-state index < -0.39 is 0 Å². The van der Waals surface area contributed by atoms with Crippen LogP contribution in [0.15, 0.2) is 28.8 Å². The molecular weight excluding hydrogens is 262 g/mol. The predicted molar refractivity (Wildman–Crippen MR) is 82.2 cm³/mol. The molecule has 3 rings (SSSR count). The number of nitrogens with zero attached hydrogens (tertiary/aromatic N) is 2. The zero-order valence-electron chi connectivity index (χ0n) is 12.7. The first kappa shape index (κ1) is 14.3. The highest BCUT2D eigenvalue weighted by atomic mass is 16.5. The van der Waals surface area contributed by atoms with Crippen molar-refractivity contribution in [3.05, 3.63) is 47.1 Å². The van der Waals surface area contributed by atoms with Crippen molar-refractivity contribution in [3.8, 4) is 0 Å². The van der Waals surface area contributed by atoms with Crippen LogP contribution in [0.3, 0.4) is 0 Å². The second-order valence-corrected chi connectivity index (χ2v) is 6.07. The molecule has 0 bridgehead atoms. The average molecular weight is 285 g/mol. The molecule has 112 valence electrons. The van der Waals surface area contributed by atoms with Crippen molar-refractivity contribution >= 4 is 0 Å². The highest BCUT2D eigenvalue weighted by molar-refractivity contribution is 5.31. The molecule has 0 radical (unpaired) electrons. The molecule has 21 heavy (non-hydrogen) atoms. The summed E-state index contributed by atoms with van der Waals surface area (Å²) in [6, 6.07) is 8.68. The van der Waals surface area contributed by atoms with Gasteiger partial charge in [0.2, 0.25) is 5.89 Å². The van der Waals surface area contributed by atoms with Gasteiger partial charge in [0.05, 0.1) is 5.92 Å². The summed E-state index contributed by atoms with van der Waals surface area (Å²) < 4.78 is 5.48. The zero-order valence-corrected chi connectivity index (χ0v) is 12.7. The van der Waals surface area contributed by atoms with Crippen LogP contribution in [0.2, 0.25) is 0 Å². The summed E-state index contributed by atoms with van der Waals surface area (Å²) in [5.74, 6) is 2.06. The minimum absolute atomic E-state index is 0.0374. The maximum Gasteiger partial charge on any atom is 0.231 e. The Kier molecular flexibility index (Phi) is 4.06. The Morgan fingerprint density at radius 2 is 2.10 bits per heavy atom. The van der Waals surface area contributed by atoms with Crippen LogP contribution in [0.4, 0.5) is 0 Å². The van der Waals surface area contributed by atoms with Gasteiger partial charge >= 0.3 is 0 Å². The summed E-state index contributed by atoms with van der Waals surface area (Å²) in [4.78, 5) is 4.64. The molecule has 2 N–H and O–H groups in total. The van der Waals surface area contributed by atoms with Gasteiger partial charge < -0.3 is 10.3 Å². The van der Waals surface area contributed by atoms with Crippen LogP contribution in [-0.4, -0.2) is 16.2 Å². The van der Waals surface area contributed by atoms with E-state index in [-0.39, 0.29) is 12.0 Å². The van der Waals surface area contributed by atoms with E-state index in [1.54, 1.807) is 0 Å². The Morgan fingerprint density at radius 3 is 2.81 bits per heavy atom. The Bertz CT molecular complexity index is 606. The fraction of sp³-hybridized carbons (Fsp3) is 0.529. The number of hydrogen-bond donors (Lipinski definition) is 1. The van der Waals surface area contributed by atoms with Gasteiger partial charge in [-0.15, -0.1) is 0 Å². The minimum Gasteiger partial charge on any atom is -0.339 e. The molecule has 3 unspecified atom stereocenters. The monoisotopic (exact) mass is 285 g/mol. The SMILES string of the molecule is CCC(c1nc(C2CCc3ccccc3C2)no1)C(C)N. The van der Waals surface area contributed by atoms with Gasteiger partial charge in [0.1, 0.15) is 0 Å². The summed E-state index contributed by atoms with van der Waals surface area (Å²) in [6.07, 6.45) is 4.11. The zero-order chi connectivity index (χ0) is 14.8. The Morgan fingerprint density at radius 1 is 1.33 bits per heavy atom. The number of aryl methyl sites for hydroxylation is 1. The molecule has 1 aromatic heterocycles. The largest absolute Gasteiger partial charge is 0.339 e. The topological polar surface area (TPSA) is 64.9 Å². The lowest BCUT2D eigenvalue weighted by atomic mass is 9.83. The first-order chi connectivity index (χ1) is 10.2. The van der Waals surface area contributed by atoms with E-state index in [0.29, 0.717) is 11.8 Å². The maximum atomic E-state index is 6.00. The van der Waals surface area contributed by atoms with Gasteiger partial charge in [-0.25, -0.2) is 0 Å². The van der Waals surface area contributed by atoms with E-state index in [9.17, 15) is 0 Å². The average Bonchev–Trinajstić information content (AvgIpc) is 2.96. The van der Waals surface area contributed by atoms with E-state index in [2.05, 4.69) is 41.3 Å². The highest BCUT2D eigenvalue weighted by Crippen LogP contribution is 2.32. The van der Waals surface area contributed by atoms with Crippen molar-refractivity contribution in [3.63, 3.8) is 0 Å². The number of fused-ring (bicyclic) bond motifs is 1. The van der Waals surface area contributed by atoms with Crippen molar-refractivity contribution in [2.75, 3.05) is 0 Å². The number of benzene rings is 1. The van der Waals surface area contributed by atoms with Crippen molar-refractivity contribution in [2.24, 2.45) is 5.73 Å². The third kappa shape index (κ3) is 2.86. The van der Waals surface area contributed by atoms with Gasteiger partial charge in [-0.3, -0.25) is 0 Å². The third-order valence-corrected chi connectivity index (χ3v) is 4.56. The molecule has 2 aromatic rings. The van der Waals surface area contributed by atoms with E-state index in [4.69, 9.17) is 10.3 Å². The van der Waals surface area contributed by atoms with Crippen LogP contribution >= 0.6 is 0 Å². The van der Waals surface area contributed by atoms with Gasteiger partial charge in [-0.05, 0) is 43.7 Å². The number of nitrogens with two attached hydrogens (primary N) is 1. The number of rotatable bonds is 4. The van der Waals surface area contributed by atoms with Crippen LogP contribution < -0.4 is 5.73 Å². The van der Waals surface area contributed by atoms with Crippen molar-refractivity contribution < 1.29 is 4.52 Å². The maximum absolute atomic E-state index is 6.00. The second kappa shape index (κ2) is 5.98. The highest BCUT2D eigenvalue weighted by Gasteiger charge is 2.27. The quantitative estimate of drug-likeness (QED) is 0.937.